The summed E-state index contributed by atoms with van der Waals surface area (Å²) in [6.07, 6.45) is -0.789. The van der Waals surface area contributed by atoms with Gasteiger partial charge in [-0.05, 0) is 38.0 Å². The Kier molecular flexibility index (Phi) is 5.40. The molecule has 2 atom stereocenters. The van der Waals surface area contributed by atoms with Crippen LogP contribution in [0.1, 0.15) is 34.8 Å². The Hall–Kier alpha value is -2.95. The maximum Gasteiger partial charge on any atom is 0.312 e. The zero-order valence-electron chi connectivity index (χ0n) is 15.8. The van der Waals surface area contributed by atoms with Gasteiger partial charge in [-0.25, -0.2) is 0 Å². The minimum Gasteiger partial charge on any atom is -0.454 e. The molecule has 2 aromatic carbocycles. The summed E-state index contributed by atoms with van der Waals surface area (Å²) in [5.74, 6) is -1.43. The van der Waals surface area contributed by atoms with Crippen LogP contribution in [0.25, 0.3) is 0 Å². The summed E-state index contributed by atoms with van der Waals surface area (Å²) in [6.45, 7) is 5.74. The van der Waals surface area contributed by atoms with Gasteiger partial charge < -0.3 is 9.64 Å². The van der Waals surface area contributed by atoms with E-state index in [1.807, 2.05) is 38.1 Å². The van der Waals surface area contributed by atoms with Gasteiger partial charge >= 0.3 is 5.97 Å². The number of Topliss-reactive ketones (excluding diaryl/α,β-unsaturated/α-hetero) is 1. The molecular weight excluding hydrogens is 342 g/mol. The third-order valence-electron chi connectivity index (χ3n) is 4.83. The highest BCUT2D eigenvalue weighted by Gasteiger charge is 2.37. The predicted molar refractivity (Wildman–Crippen MR) is 103 cm³/mol. The molecule has 3 rings (SSSR count). The normalized spacial score (nSPS) is 17.7. The van der Waals surface area contributed by atoms with Crippen LogP contribution in [0.5, 0.6) is 0 Å². The van der Waals surface area contributed by atoms with Gasteiger partial charge in [-0.2, -0.15) is 0 Å². The predicted octanol–water partition coefficient (Wildman–Crippen LogP) is 3.47. The summed E-state index contributed by atoms with van der Waals surface area (Å²) in [6, 6.07) is 14.6. The molecule has 0 bridgehead atoms. The van der Waals surface area contributed by atoms with Crippen LogP contribution in [0, 0.1) is 19.8 Å². The maximum atomic E-state index is 12.5. The van der Waals surface area contributed by atoms with Crippen molar-refractivity contribution >= 4 is 23.3 Å². The van der Waals surface area contributed by atoms with Crippen molar-refractivity contribution in [2.75, 3.05) is 11.4 Å². The second-order valence-corrected chi connectivity index (χ2v) is 7.00. The van der Waals surface area contributed by atoms with Gasteiger partial charge in [-0.15, -0.1) is 0 Å². The molecule has 1 heterocycles. The molecule has 1 aliphatic heterocycles. The number of ether oxygens (including phenoxy) is 1. The molecule has 2 aromatic rings. The first kappa shape index (κ1) is 18.8. The number of nitrogens with zero attached hydrogens (tertiary/aromatic N) is 1. The van der Waals surface area contributed by atoms with Gasteiger partial charge in [-0.3, -0.25) is 14.4 Å². The first-order chi connectivity index (χ1) is 12.9. The molecule has 1 fully saturated rings. The Balaban J connectivity index is 1.67. The van der Waals surface area contributed by atoms with Crippen LogP contribution in [-0.2, 0) is 14.3 Å². The second kappa shape index (κ2) is 7.74. The van der Waals surface area contributed by atoms with Crippen molar-refractivity contribution in [2.45, 2.75) is 33.3 Å². The number of hydrogen-bond acceptors (Lipinski definition) is 4. The summed E-state index contributed by atoms with van der Waals surface area (Å²) in [7, 11) is 0. The summed E-state index contributed by atoms with van der Waals surface area (Å²) in [5, 5.41) is 0. The fourth-order valence-electron chi connectivity index (χ4n) is 3.27. The molecule has 0 radical (unpaired) electrons. The average Bonchev–Trinajstić information content (AvgIpc) is 3.05. The number of aryl methyl sites for hydroxylation is 2. The zero-order chi connectivity index (χ0) is 19.6. The first-order valence-corrected chi connectivity index (χ1v) is 9.04. The number of anilines is 1. The monoisotopic (exact) mass is 365 g/mol. The van der Waals surface area contributed by atoms with E-state index in [-0.39, 0.29) is 24.7 Å². The van der Waals surface area contributed by atoms with Gasteiger partial charge in [0.25, 0.3) is 0 Å². The molecule has 5 heteroatoms. The minimum absolute atomic E-state index is 0.0957. The topological polar surface area (TPSA) is 63.7 Å². The summed E-state index contributed by atoms with van der Waals surface area (Å²) >= 11 is 0. The van der Waals surface area contributed by atoms with Crippen LogP contribution < -0.4 is 4.90 Å². The van der Waals surface area contributed by atoms with Gasteiger partial charge in [0.05, 0.1) is 5.92 Å². The van der Waals surface area contributed by atoms with Crippen molar-refractivity contribution in [1.82, 2.24) is 0 Å². The highest BCUT2D eigenvalue weighted by molar-refractivity contribution is 6.02. The number of carbonyl (C=O) groups is 3. The van der Waals surface area contributed by atoms with Crippen LogP contribution in [0.3, 0.4) is 0 Å². The Morgan fingerprint density at radius 3 is 2.52 bits per heavy atom. The van der Waals surface area contributed by atoms with Gasteiger partial charge in [0.2, 0.25) is 11.7 Å². The van der Waals surface area contributed by atoms with E-state index in [1.165, 1.54) is 0 Å². The summed E-state index contributed by atoms with van der Waals surface area (Å²) < 4.78 is 5.37. The number of ketones is 1. The molecule has 0 N–H and O–H groups in total. The van der Waals surface area contributed by atoms with Gasteiger partial charge in [0, 0.05) is 24.2 Å². The molecular formula is C22H23NO4. The second-order valence-electron chi connectivity index (χ2n) is 7.00. The molecule has 0 aliphatic carbocycles. The third-order valence-corrected chi connectivity index (χ3v) is 4.83. The number of carbonyl (C=O) groups excluding carboxylic acids is 3. The van der Waals surface area contributed by atoms with Crippen molar-refractivity contribution in [3.8, 4) is 0 Å². The van der Waals surface area contributed by atoms with E-state index in [0.29, 0.717) is 5.56 Å². The molecule has 1 amide bonds. The quantitative estimate of drug-likeness (QED) is 0.601. The van der Waals surface area contributed by atoms with E-state index < -0.39 is 18.0 Å². The summed E-state index contributed by atoms with van der Waals surface area (Å²) in [5.41, 5.74) is 3.35. The SMILES string of the molecule is Cc1ccc(C)c(N2CC(C(=O)OC(C)C(=O)c3ccccc3)CC2=O)c1. The molecule has 5 nitrogen and oxygen atoms in total. The van der Waals surface area contributed by atoms with Crippen molar-refractivity contribution in [3.63, 3.8) is 0 Å². The van der Waals surface area contributed by atoms with E-state index in [1.54, 1.807) is 36.1 Å². The van der Waals surface area contributed by atoms with Gasteiger partial charge in [0.15, 0.2) is 6.10 Å². The third kappa shape index (κ3) is 4.08. The lowest BCUT2D eigenvalue weighted by molar-refractivity contribution is -0.151. The summed E-state index contributed by atoms with van der Waals surface area (Å²) in [4.78, 5) is 39.0. The molecule has 0 spiro atoms. The minimum atomic E-state index is -0.884. The van der Waals surface area contributed by atoms with E-state index in [9.17, 15) is 14.4 Å². The Labute approximate surface area is 158 Å². The van der Waals surface area contributed by atoms with Crippen LogP contribution in [-0.4, -0.2) is 30.3 Å². The molecule has 27 heavy (non-hydrogen) atoms. The Bertz CT molecular complexity index is 875. The van der Waals surface area contributed by atoms with E-state index >= 15 is 0 Å². The molecule has 0 saturated carbocycles. The van der Waals surface area contributed by atoms with E-state index in [0.717, 1.165) is 16.8 Å². The van der Waals surface area contributed by atoms with E-state index in [4.69, 9.17) is 4.74 Å². The fourth-order valence-corrected chi connectivity index (χ4v) is 3.27. The highest BCUT2D eigenvalue weighted by Crippen LogP contribution is 2.29. The lowest BCUT2D eigenvalue weighted by Gasteiger charge is -2.20. The van der Waals surface area contributed by atoms with Crippen molar-refractivity contribution in [2.24, 2.45) is 5.92 Å². The lowest BCUT2D eigenvalue weighted by atomic mass is 10.1. The molecule has 1 saturated heterocycles. The maximum absolute atomic E-state index is 12.5. The Morgan fingerprint density at radius 2 is 1.81 bits per heavy atom. The fraction of sp³-hybridized carbons (Fsp3) is 0.318. The molecule has 2 unspecified atom stereocenters. The Morgan fingerprint density at radius 1 is 1.11 bits per heavy atom. The standard InChI is InChI=1S/C22H23NO4/c1-14-9-10-15(2)19(11-14)23-13-18(12-20(23)24)22(26)27-16(3)21(25)17-7-5-4-6-8-17/h4-11,16,18H,12-13H2,1-3H3. The average molecular weight is 365 g/mol. The number of esters is 1. The van der Waals surface area contributed by atoms with Crippen molar-refractivity contribution < 1.29 is 19.1 Å². The van der Waals surface area contributed by atoms with Crippen LogP contribution in [0.15, 0.2) is 48.5 Å². The van der Waals surface area contributed by atoms with Crippen LogP contribution in [0.4, 0.5) is 5.69 Å². The van der Waals surface area contributed by atoms with E-state index in [2.05, 4.69) is 0 Å². The van der Waals surface area contributed by atoms with Crippen molar-refractivity contribution in [1.29, 1.82) is 0 Å². The van der Waals surface area contributed by atoms with Gasteiger partial charge in [-0.1, -0.05) is 42.5 Å². The molecule has 1 aliphatic rings. The number of benzene rings is 2. The smallest absolute Gasteiger partial charge is 0.312 e. The van der Waals surface area contributed by atoms with Gasteiger partial charge in [0.1, 0.15) is 0 Å². The first-order valence-electron chi connectivity index (χ1n) is 9.04. The number of hydrogen-bond donors (Lipinski definition) is 0. The van der Waals surface area contributed by atoms with Crippen LogP contribution in [0.2, 0.25) is 0 Å². The highest BCUT2D eigenvalue weighted by atomic mass is 16.5. The number of rotatable bonds is 5. The molecule has 0 aromatic heterocycles. The number of amides is 1. The molecule has 140 valence electrons. The lowest BCUT2D eigenvalue weighted by Crippen LogP contribution is -2.30. The van der Waals surface area contributed by atoms with Crippen molar-refractivity contribution in [3.05, 3.63) is 65.2 Å². The largest absolute Gasteiger partial charge is 0.454 e. The van der Waals surface area contributed by atoms with Crippen LogP contribution >= 0.6 is 0 Å². The zero-order valence-corrected chi connectivity index (χ0v) is 15.8.